The Morgan fingerprint density at radius 2 is 1.78 bits per heavy atom. The van der Waals surface area contributed by atoms with Gasteiger partial charge in [-0.2, -0.15) is 5.10 Å². The Kier molecular flexibility index (Phi) is 6.50. The summed E-state index contributed by atoms with van der Waals surface area (Å²) in [6.07, 6.45) is 8.11. The van der Waals surface area contributed by atoms with Gasteiger partial charge in [0.05, 0.1) is 48.9 Å². The van der Waals surface area contributed by atoms with Crippen molar-refractivity contribution in [2.75, 3.05) is 32.7 Å². The van der Waals surface area contributed by atoms with Gasteiger partial charge < -0.3 is 19.7 Å². The lowest BCUT2D eigenvalue weighted by atomic mass is 10.0. The molecule has 1 saturated carbocycles. The standard InChI is InChI=1S/C29H34N6O2/c1-19(30-4)29(2,3)35-18-21(15-32-35)28-16-31-26-10-9-22(13-27(26)33-28)34(17-20-7-8-20)23-11-24(36-5)14-25(12-23)37-6/h9-16,18,20,30H,1,7-8,17H2,2-6H3. The van der Waals surface area contributed by atoms with E-state index in [9.17, 15) is 0 Å². The predicted molar refractivity (Wildman–Crippen MR) is 148 cm³/mol. The molecule has 1 fully saturated rings. The zero-order chi connectivity index (χ0) is 26.2. The molecule has 2 aromatic heterocycles. The maximum atomic E-state index is 5.54. The van der Waals surface area contributed by atoms with Crippen molar-refractivity contribution in [2.24, 2.45) is 5.92 Å². The van der Waals surface area contributed by atoms with Crippen LogP contribution in [0.1, 0.15) is 26.7 Å². The van der Waals surface area contributed by atoms with Crippen LogP contribution in [-0.4, -0.2) is 47.6 Å². The van der Waals surface area contributed by atoms with Gasteiger partial charge in [-0.1, -0.05) is 6.58 Å². The van der Waals surface area contributed by atoms with E-state index in [-0.39, 0.29) is 5.54 Å². The van der Waals surface area contributed by atoms with Gasteiger partial charge in [0.25, 0.3) is 0 Å². The molecule has 1 aliphatic carbocycles. The number of rotatable bonds is 10. The van der Waals surface area contributed by atoms with Crippen LogP contribution in [-0.2, 0) is 5.54 Å². The van der Waals surface area contributed by atoms with Gasteiger partial charge in [0.15, 0.2) is 0 Å². The highest BCUT2D eigenvalue weighted by atomic mass is 16.5. The van der Waals surface area contributed by atoms with Gasteiger partial charge in [-0.15, -0.1) is 0 Å². The van der Waals surface area contributed by atoms with Crippen LogP contribution in [0.2, 0.25) is 0 Å². The molecule has 2 aromatic carbocycles. The molecular formula is C29H34N6O2. The number of anilines is 2. The predicted octanol–water partition coefficient (Wildman–Crippen LogP) is 5.53. The zero-order valence-corrected chi connectivity index (χ0v) is 22.2. The third kappa shape index (κ3) is 4.96. The smallest absolute Gasteiger partial charge is 0.124 e. The average molecular weight is 499 g/mol. The van der Waals surface area contributed by atoms with Crippen molar-refractivity contribution < 1.29 is 9.47 Å². The second-order valence-electron chi connectivity index (χ2n) is 10.0. The lowest BCUT2D eigenvalue weighted by Gasteiger charge is -2.27. The second-order valence-corrected chi connectivity index (χ2v) is 10.0. The SMILES string of the molecule is C=C(NC)C(C)(C)n1cc(-c2cnc3ccc(N(CC4CC4)c4cc(OC)cc(OC)c4)cc3n2)cn1. The molecule has 37 heavy (non-hydrogen) atoms. The van der Waals surface area contributed by atoms with Crippen molar-refractivity contribution >= 4 is 22.4 Å². The van der Waals surface area contributed by atoms with Crippen LogP contribution in [0.25, 0.3) is 22.3 Å². The fourth-order valence-electron chi connectivity index (χ4n) is 4.38. The minimum absolute atomic E-state index is 0.383. The van der Waals surface area contributed by atoms with Crippen molar-refractivity contribution in [3.05, 3.63) is 67.3 Å². The summed E-state index contributed by atoms with van der Waals surface area (Å²) in [6, 6.07) is 12.2. The highest BCUT2D eigenvalue weighted by molar-refractivity contribution is 5.82. The summed E-state index contributed by atoms with van der Waals surface area (Å²) < 4.78 is 13.0. The number of likely N-dealkylation sites (N-methyl/N-ethyl adjacent to an activating group) is 1. The highest BCUT2D eigenvalue weighted by Gasteiger charge is 2.27. The third-order valence-corrected chi connectivity index (χ3v) is 7.11. The van der Waals surface area contributed by atoms with E-state index in [1.807, 2.05) is 48.4 Å². The van der Waals surface area contributed by atoms with E-state index in [4.69, 9.17) is 19.4 Å². The lowest BCUT2D eigenvalue weighted by Crippen LogP contribution is -2.34. The highest BCUT2D eigenvalue weighted by Crippen LogP contribution is 2.38. The summed E-state index contributed by atoms with van der Waals surface area (Å²) in [5.74, 6) is 2.20. The van der Waals surface area contributed by atoms with Gasteiger partial charge in [-0.3, -0.25) is 9.67 Å². The largest absolute Gasteiger partial charge is 0.497 e. The molecular weight excluding hydrogens is 464 g/mol. The number of nitrogens with one attached hydrogen (secondary N) is 1. The quantitative estimate of drug-likeness (QED) is 0.308. The molecule has 0 amide bonds. The first-order chi connectivity index (χ1) is 17.8. The molecule has 0 bridgehead atoms. The Morgan fingerprint density at radius 3 is 2.43 bits per heavy atom. The lowest BCUT2D eigenvalue weighted by molar-refractivity contribution is 0.366. The van der Waals surface area contributed by atoms with Gasteiger partial charge in [0.2, 0.25) is 0 Å². The summed E-state index contributed by atoms with van der Waals surface area (Å²) in [5.41, 5.74) is 5.94. The second kappa shape index (κ2) is 9.76. The van der Waals surface area contributed by atoms with Crippen LogP contribution in [0, 0.1) is 5.92 Å². The summed E-state index contributed by atoms with van der Waals surface area (Å²) in [5, 5.41) is 7.72. The zero-order valence-electron chi connectivity index (χ0n) is 22.2. The van der Waals surface area contributed by atoms with Crippen LogP contribution in [0.4, 0.5) is 11.4 Å². The number of ether oxygens (including phenoxy) is 2. The fourth-order valence-corrected chi connectivity index (χ4v) is 4.38. The first-order valence-corrected chi connectivity index (χ1v) is 12.5. The Balaban J connectivity index is 1.52. The Bertz CT molecular complexity index is 1420. The molecule has 0 saturated heterocycles. The molecule has 0 aliphatic heterocycles. The molecule has 192 valence electrons. The monoisotopic (exact) mass is 498 g/mol. The maximum Gasteiger partial charge on any atom is 0.124 e. The molecule has 0 radical (unpaired) electrons. The van der Waals surface area contributed by atoms with Gasteiger partial charge in [-0.25, -0.2) is 4.98 Å². The molecule has 0 spiro atoms. The number of methoxy groups -OCH3 is 2. The molecule has 0 atom stereocenters. The summed E-state index contributed by atoms with van der Waals surface area (Å²) in [7, 11) is 5.22. The number of hydrogen-bond acceptors (Lipinski definition) is 7. The number of allylic oxidation sites excluding steroid dienone is 1. The van der Waals surface area contributed by atoms with Gasteiger partial charge in [0, 0.05) is 60.6 Å². The number of nitrogens with zero attached hydrogens (tertiary/aromatic N) is 5. The van der Waals surface area contributed by atoms with E-state index >= 15 is 0 Å². The van der Waals surface area contributed by atoms with Gasteiger partial charge >= 0.3 is 0 Å². The fraction of sp³-hybridized carbons (Fsp3) is 0.345. The van der Waals surface area contributed by atoms with Crippen molar-refractivity contribution in [2.45, 2.75) is 32.2 Å². The average Bonchev–Trinajstić information content (AvgIpc) is 3.61. The molecule has 8 heteroatoms. The summed E-state index contributed by atoms with van der Waals surface area (Å²) in [4.78, 5) is 12.0. The van der Waals surface area contributed by atoms with Crippen LogP contribution >= 0.6 is 0 Å². The minimum Gasteiger partial charge on any atom is -0.497 e. The van der Waals surface area contributed by atoms with E-state index in [0.29, 0.717) is 5.92 Å². The first-order valence-electron chi connectivity index (χ1n) is 12.5. The molecule has 0 unspecified atom stereocenters. The van der Waals surface area contributed by atoms with Crippen LogP contribution in [0.5, 0.6) is 11.5 Å². The van der Waals surface area contributed by atoms with E-state index < -0.39 is 0 Å². The van der Waals surface area contributed by atoms with Crippen molar-refractivity contribution in [3.63, 3.8) is 0 Å². The number of aromatic nitrogens is 4. The number of hydrogen-bond donors (Lipinski definition) is 1. The molecule has 8 nitrogen and oxygen atoms in total. The summed E-state index contributed by atoms with van der Waals surface area (Å²) in [6.45, 7) is 9.19. The third-order valence-electron chi connectivity index (χ3n) is 7.11. The van der Waals surface area contributed by atoms with Crippen LogP contribution < -0.4 is 19.7 Å². The van der Waals surface area contributed by atoms with Gasteiger partial charge in [0.1, 0.15) is 11.5 Å². The normalized spacial score (nSPS) is 13.4. The topological polar surface area (TPSA) is 77.3 Å². The van der Waals surface area contributed by atoms with Crippen LogP contribution in [0.15, 0.2) is 67.3 Å². The maximum absolute atomic E-state index is 5.54. The molecule has 1 aliphatic rings. The Labute approximate surface area is 217 Å². The Hall–Kier alpha value is -4.07. The van der Waals surface area contributed by atoms with Crippen LogP contribution in [0.3, 0.4) is 0 Å². The number of benzene rings is 2. The molecule has 5 rings (SSSR count). The van der Waals surface area contributed by atoms with Gasteiger partial charge in [-0.05, 0) is 50.8 Å². The van der Waals surface area contributed by atoms with E-state index in [0.717, 1.165) is 57.4 Å². The molecule has 2 heterocycles. The minimum atomic E-state index is -0.383. The van der Waals surface area contributed by atoms with Crippen molar-refractivity contribution in [1.82, 2.24) is 25.1 Å². The summed E-state index contributed by atoms with van der Waals surface area (Å²) >= 11 is 0. The molecule has 4 aromatic rings. The van der Waals surface area contributed by atoms with E-state index in [1.165, 1.54) is 12.8 Å². The first kappa shape index (κ1) is 24.6. The Morgan fingerprint density at radius 1 is 1.05 bits per heavy atom. The van der Waals surface area contributed by atoms with E-state index in [1.54, 1.807) is 20.4 Å². The molecule has 1 N–H and O–H groups in total. The van der Waals surface area contributed by atoms with E-state index in [2.05, 4.69) is 47.9 Å². The van der Waals surface area contributed by atoms with Crippen molar-refractivity contribution in [1.29, 1.82) is 0 Å². The van der Waals surface area contributed by atoms with Crippen molar-refractivity contribution in [3.8, 4) is 22.8 Å². The number of fused-ring (bicyclic) bond motifs is 1.